The van der Waals surface area contributed by atoms with Gasteiger partial charge in [0.25, 0.3) is 5.91 Å². The predicted octanol–water partition coefficient (Wildman–Crippen LogP) is 2.09. The number of nitrogens with one attached hydrogen (secondary N) is 1. The Morgan fingerprint density at radius 2 is 1.89 bits per heavy atom. The average molecular weight is 286 g/mol. The number of aliphatic carboxylic acids is 1. The molecular formula is C13H16ClNO4. The van der Waals surface area contributed by atoms with Gasteiger partial charge in [-0.2, -0.15) is 0 Å². The van der Waals surface area contributed by atoms with E-state index < -0.39 is 11.5 Å². The van der Waals surface area contributed by atoms with Crippen LogP contribution in [0.3, 0.4) is 0 Å². The van der Waals surface area contributed by atoms with Crippen molar-refractivity contribution >= 4 is 23.5 Å². The summed E-state index contributed by atoms with van der Waals surface area (Å²) in [5.41, 5.74) is -0.813. The molecule has 6 heteroatoms. The smallest absolute Gasteiger partial charge is 0.305 e. The Morgan fingerprint density at radius 1 is 1.32 bits per heavy atom. The van der Waals surface area contributed by atoms with E-state index in [-0.39, 0.29) is 18.9 Å². The van der Waals surface area contributed by atoms with Crippen LogP contribution in [0.2, 0.25) is 5.02 Å². The number of carboxylic acids is 1. The van der Waals surface area contributed by atoms with Crippen molar-refractivity contribution in [1.82, 2.24) is 5.32 Å². The van der Waals surface area contributed by atoms with Gasteiger partial charge in [-0.1, -0.05) is 11.6 Å². The Hall–Kier alpha value is -1.75. The minimum atomic E-state index is -0.969. The normalized spacial score (nSPS) is 10.9. The minimum Gasteiger partial charge on any atom is -0.484 e. The molecule has 0 fully saturated rings. The van der Waals surface area contributed by atoms with Crippen LogP contribution >= 0.6 is 11.6 Å². The number of halogens is 1. The highest BCUT2D eigenvalue weighted by molar-refractivity contribution is 6.30. The number of carbonyl (C=O) groups is 2. The number of benzene rings is 1. The monoisotopic (exact) mass is 285 g/mol. The summed E-state index contributed by atoms with van der Waals surface area (Å²) in [6.07, 6.45) is -0.153. The van der Waals surface area contributed by atoms with Gasteiger partial charge in [0.05, 0.1) is 6.42 Å². The fourth-order valence-corrected chi connectivity index (χ4v) is 1.64. The summed E-state index contributed by atoms with van der Waals surface area (Å²) >= 11 is 5.72. The molecule has 5 nitrogen and oxygen atoms in total. The molecule has 0 saturated carbocycles. The van der Waals surface area contributed by atoms with Crippen molar-refractivity contribution in [1.29, 1.82) is 0 Å². The predicted molar refractivity (Wildman–Crippen MR) is 71.4 cm³/mol. The zero-order valence-corrected chi connectivity index (χ0v) is 11.5. The molecule has 1 rings (SSSR count). The maximum atomic E-state index is 11.6. The molecule has 0 spiro atoms. The van der Waals surface area contributed by atoms with E-state index >= 15 is 0 Å². The van der Waals surface area contributed by atoms with Crippen molar-refractivity contribution in [3.05, 3.63) is 29.3 Å². The minimum absolute atomic E-state index is 0.153. The number of rotatable bonds is 6. The van der Waals surface area contributed by atoms with E-state index in [2.05, 4.69) is 5.32 Å². The van der Waals surface area contributed by atoms with Crippen LogP contribution in [0.5, 0.6) is 5.75 Å². The Balaban J connectivity index is 2.43. The summed E-state index contributed by atoms with van der Waals surface area (Å²) < 4.78 is 5.26. The second-order valence-electron chi connectivity index (χ2n) is 4.75. The van der Waals surface area contributed by atoms with Crippen molar-refractivity contribution in [2.45, 2.75) is 25.8 Å². The molecular weight excluding hydrogens is 270 g/mol. The third kappa shape index (κ3) is 6.10. The van der Waals surface area contributed by atoms with Gasteiger partial charge in [-0.15, -0.1) is 0 Å². The first-order valence-corrected chi connectivity index (χ1v) is 6.07. The molecule has 0 bridgehead atoms. The van der Waals surface area contributed by atoms with Gasteiger partial charge in [0.1, 0.15) is 5.75 Å². The van der Waals surface area contributed by atoms with Crippen LogP contribution in [-0.4, -0.2) is 29.1 Å². The summed E-state index contributed by atoms with van der Waals surface area (Å²) in [7, 11) is 0. The lowest BCUT2D eigenvalue weighted by atomic mass is 10.0. The van der Waals surface area contributed by atoms with Crippen LogP contribution in [0.15, 0.2) is 24.3 Å². The number of carbonyl (C=O) groups excluding carboxylic acids is 1. The van der Waals surface area contributed by atoms with Gasteiger partial charge in [0.2, 0.25) is 0 Å². The number of hydrogen-bond acceptors (Lipinski definition) is 3. The highest BCUT2D eigenvalue weighted by Gasteiger charge is 2.23. The summed E-state index contributed by atoms with van der Waals surface area (Å²) in [5.74, 6) is -0.819. The molecule has 0 aliphatic rings. The number of ether oxygens (including phenoxy) is 1. The highest BCUT2D eigenvalue weighted by atomic mass is 35.5. The van der Waals surface area contributed by atoms with Crippen molar-refractivity contribution in [2.75, 3.05) is 6.61 Å². The lowest BCUT2D eigenvalue weighted by Gasteiger charge is -2.24. The van der Waals surface area contributed by atoms with Gasteiger partial charge in [0, 0.05) is 10.6 Å². The van der Waals surface area contributed by atoms with E-state index in [0.717, 1.165) is 0 Å². The van der Waals surface area contributed by atoms with E-state index in [1.165, 1.54) is 0 Å². The Labute approximate surface area is 116 Å². The summed E-state index contributed by atoms with van der Waals surface area (Å²) in [6, 6.07) is 6.61. The Kier molecular flexibility index (Phi) is 5.18. The first-order chi connectivity index (χ1) is 8.78. The fourth-order valence-electron chi connectivity index (χ4n) is 1.52. The van der Waals surface area contributed by atoms with Gasteiger partial charge in [-0.3, -0.25) is 9.59 Å². The maximum Gasteiger partial charge on any atom is 0.305 e. The van der Waals surface area contributed by atoms with E-state index in [0.29, 0.717) is 10.8 Å². The zero-order valence-electron chi connectivity index (χ0n) is 10.8. The van der Waals surface area contributed by atoms with Crippen molar-refractivity contribution < 1.29 is 19.4 Å². The maximum absolute atomic E-state index is 11.6. The summed E-state index contributed by atoms with van der Waals surface area (Å²) in [6.45, 7) is 3.10. The standard InChI is InChI=1S/C13H16ClNO4/c1-13(2,7-12(17)18)15-11(16)8-19-10-5-3-9(14)4-6-10/h3-6H,7-8H2,1-2H3,(H,15,16)(H,17,18). The van der Waals surface area contributed by atoms with Gasteiger partial charge < -0.3 is 15.2 Å². The Bertz CT molecular complexity index is 456. The second kappa shape index (κ2) is 6.43. The van der Waals surface area contributed by atoms with Crippen LogP contribution in [0, 0.1) is 0 Å². The molecule has 0 aliphatic heterocycles. The van der Waals surface area contributed by atoms with Crippen molar-refractivity contribution in [3.63, 3.8) is 0 Å². The lowest BCUT2D eigenvalue weighted by Crippen LogP contribution is -2.46. The molecule has 0 atom stereocenters. The van der Waals surface area contributed by atoms with E-state index in [9.17, 15) is 9.59 Å². The molecule has 0 unspecified atom stereocenters. The molecule has 1 aromatic carbocycles. The third-order valence-corrected chi connectivity index (χ3v) is 2.51. The van der Waals surface area contributed by atoms with Crippen molar-refractivity contribution in [3.8, 4) is 5.75 Å². The molecule has 1 aromatic rings. The summed E-state index contributed by atoms with van der Waals surface area (Å²) in [4.78, 5) is 22.2. The molecule has 0 aliphatic carbocycles. The van der Waals surface area contributed by atoms with Gasteiger partial charge in [-0.05, 0) is 38.1 Å². The summed E-state index contributed by atoms with van der Waals surface area (Å²) in [5, 5.41) is 11.9. The van der Waals surface area contributed by atoms with Gasteiger partial charge in [-0.25, -0.2) is 0 Å². The topological polar surface area (TPSA) is 75.6 Å². The average Bonchev–Trinajstić information content (AvgIpc) is 2.25. The van der Waals surface area contributed by atoms with Crippen molar-refractivity contribution in [2.24, 2.45) is 0 Å². The van der Waals surface area contributed by atoms with Crippen LogP contribution in [0.4, 0.5) is 0 Å². The van der Waals surface area contributed by atoms with E-state index in [4.69, 9.17) is 21.4 Å². The molecule has 0 radical (unpaired) electrons. The molecule has 104 valence electrons. The largest absolute Gasteiger partial charge is 0.484 e. The van der Waals surface area contributed by atoms with E-state index in [1.807, 2.05) is 0 Å². The first-order valence-electron chi connectivity index (χ1n) is 5.70. The van der Waals surface area contributed by atoms with Crippen LogP contribution in [0.25, 0.3) is 0 Å². The molecule has 19 heavy (non-hydrogen) atoms. The lowest BCUT2D eigenvalue weighted by molar-refractivity contribution is -0.138. The third-order valence-electron chi connectivity index (χ3n) is 2.25. The molecule has 1 amide bonds. The van der Waals surface area contributed by atoms with E-state index in [1.54, 1.807) is 38.1 Å². The molecule has 2 N–H and O–H groups in total. The Morgan fingerprint density at radius 3 is 2.42 bits per heavy atom. The molecule has 0 heterocycles. The van der Waals surface area contributed by atoms with Gasteiger partial charge in [0.15, 0.2) is 6.61 Å². The zero-order chi connectivity index (χ0) is 14.5. The van der Waals surface area contributed by atoms with Crippen LogP contribution < -0.4 is 10.1 Å². The SMILES string of the molecule is CC(C)(CC(=O)O)NC(=O)COc1ccc(Cl)cc1. The van der Waals surface area contributed by atoms with Crippen LogP contribution in [0.1, 0.15) is 20.3 Å². The number of hydrogen-bond donors (Lipinski definition) is 2. The molecule has 0 saturated heterocycles. The van der Waals surface area contributed by atoms with Crippen LogP contribution in [-0.2, 0) is 9.59 Å². The molecule has 0 aromatic heterocycles. The van der Waals surface area contributed by atoms with Gasteiger partial charge >= 0.3 is 5.97 Å². The quantitative estimate of drug-likeness (QED) is 0.839. The number of amides is 1. The highest BCUT2D eigenvalue weighted by Crippen LogP contribution is 2.15. The second-order valence-corrected chi connectivity index (χ2v) is 5.18. The number of carboxylic acid groups (broad SMARTS) is 1. The fraction of sp³-hybridized carbons (Fsp3) is 0.385. The first kappa shape index (κ1) is 15.3.